The molecule has 0 saturated carbocycles. The van der Waals surface area contributed by atoms with Crippen LogP contribution in [0.3, 0.4) is 0 Å². The lowest BCUT2D eigenvalue weighted by atomic mass is 9.81. The molecule has 0 fully saturated rings. The third-order valence-electron chi connectivity index (χ3n) is 7.10. The lowest BCUT2D eigenvalue weighted by Gasteiger charge is -2.22. The highest BCUT2D eigenvalue weighted by molar-refractivity contribution is 5.91. The highest BCUT2D eigenvalue weighted by Gasteiger charge is 2.35. The molecule has 5 aromatic rings. The first-order valence-corrected chi connectivity index (χ1v) is 11.5. The van der Waals surface area contributed by atoms with Gasteiger partial charge in [-0.05, 0) is 76.2 Å². The second-order valence-corrected chi connectivity index (χ2v) is 9.65. The number of hydrogen-bond acceptors (Lipinski definition) is 2. The summed E-state index contributed by atoms with van der Waals surface area (Å²) in [5.41, 5.74) is 12.0. The summed E-state index contributed by atoms with van der Waals surface area (Å²) in [4.78, 5) is 9.24. The van der Waals surface area contributed by atoms with Crippen LogP contribution in [0.1, 0.15) is 36.4 Å². The van der Waals surface area contributed by atoms with Crippen LogP contribution >= 0.6 is 0 Å². The highest BCUT2D eigenvalue weighted by atomic mass is 14.8. The van der Waals surface area contributed by atoms with E-state index in [1.54, 1.807) is 0 Å². The highest BCUT2D eigenvalue weighted by Crippen LogP contribution is 2.49. The van der Waals surface area contributed by atoms with Crippen LogP contribution in [0.5, 0.6) is 0 Å². The molecule has 2 nitrogen and oxygen atoms in total. The number of nitrogens with zero attached hydrogens (tertiary/aromatic N) is 2. The van der Waals surface area contributed by atoms with Gasteiger partial charge in [0.15, 0.2) is 0 Å². The van der Waals surface area contributed by atoms with E-state index in [-0.39, 0.29) is 5.41 Å². The Morgan fingerprint density at radius 1 is 0.636 bits per heavy atom. The summed E-state index contributed by atoms with van der Waals surface area (Å²) >= 11 is 0. The predicted molar refractivity (Wildman–Crippen MR) is 137 cm³/mol. The lowest BCUT2D eigenvalue weighted by Crippen LogP contribution is -2.14. The van der Waals surface area contributed by atoms with Crippen LogP contribution in [0.4, 0.5) is 0 Å². The van der Waals surface area contributed by atoms with Crippen molar-refractivity contribution in [3.05, 3.63) is 108 Å². The van der Waals surface area contributed by atoms with Crippen molar-refractivity contribution >= 4 is 10.8 Å². The van der Waals surface area contributed by atoms with Gasteiger partial charge in [0, 0.05) is 17.2 Å². The molecule has 0 atom stereocenters. The van der Waals surface area contributed by atoms with Crippen molar-refractivity contribution in [2.24, 2.45) is 0 Å². The first-order chi connectivity index (χ1) is 15.9. The van der Waals surface area contributed by atoms with Gasteiger partial charge in [-0.3, -0.25) is 9.97 Å². The molecule has 0 amide bonds. The van der Waals surface area contributed by atoms with Crippen molar-refractivity contribution in [2.75, 3.05) is 0 Å². The molecule has 4 aromatic carbocycles. The SMILES string of the molecule is Cc1cnc(-c2ccc3ccc(-c4ccc5c(c4)C(C)(C)c4ccccc4-5)cc3c2)c(C)n1. The third-order valence-corrected chi connectivity index (χ3v) is 7.10. The van der Waals surface area contributed by atoms with E-state index in [9.17, 15) is 0 Å². The van der Waals surface area contributed by atoms with E-state index in [4.69, 9.17) is 0 Å². The van der Waals surface area contributed by atoms with Crippen LogP contribution in [-0.4, -0.2) is 9.97 Å². The minimum absolute atomic E-state index is 0.00753. The summed E-state index contributed by atoms with van der Waals surface area (Å²) < 4.78 is 0. The molecule has 33 heavy (non-hydrogen) atoms. The van der Waals surface area contributed by atoms with E-state index in [2.05, 4.69) is 103 Å². The molecule has 0 aliphatic heterocycles. The number of aryl methyl sites for hydroxylation is 2. The van der Waals surface area contributed by atoms with Gasteiger partial charge in [-0.25, -0.2) is 0 Å². The molecule has 1 aliphatic rings. The molecular weight excluding hydrogens is 400 g/mol. The Morgan fingerprint density at radius 2 is 1.30 bits per heavy atom. The van der Waals surface area contributed by atoms with Gasteiger partial charge < -0.3 is 0 Å². The van der Waals surface area contributed by atoms with Crippen molar-refractivity contribution in [3.8, 4) is 33.5 Å². The fourth-order valence-electron chi connectivity index (χ4n) is 5.34. The van der Waals surface area contributed by atoms with Crippen LogP contribution in [0.25, 0.3) is 44.3 Å². The Hall–Kier alpha value is -3.78. The lowest BCUT2D eigenvalue weighted by molar-refractivity contribution is 0.660. The number of rotatable bonds is 2. The van der Waals surface area contributed by atoms with Crippen molar-refractivity contribution < 1.29 is 0 Å². The van der Waals surface area contributed by atoms with Crippen LogP contribution < -0.4 is 0 Å². The zero-order valence-electron chi connectivity index (χ0n) is 19.5. The summed E-state index contributed by atoms with van der Waals surface area (Å²) in [6.45, 7) is 8.67. The van der Waals surface area contributed by atoms with Crippen molar-refractivity contribution in [1.29, 1.82) is 0 Å². The molecule has 1 aromatic heterocycles. The molecule has 1 heterocycles. The first-order valence-electron chi connectivity index (χ1n) is 11.5. The van der Waals surface area contributed by atoms with Crippen LogP contribution in [0.15, 0.2) is 85.1 Å². The third kappa shape index (κ3) is 3.09. The Kier molecular flexibility index (Phi) is 4.28. The van der Waals surface area contributed by atoms with E-state index in [1.807, 2.05) is 20.0 Å². The number of aromatic nitrogens is 2. The number of hydrogen-bond donors (Lipinski definition) is 0. The number of benzene rings is 4. The number of fused-ring (bicyclic) bond motifs is 4. The topological polar surface area (TPSA) is 25.8 Å². The van der Waals surface area contributed by atoms with Gasteiger partial charge in [-0.1, -0.05) is 74.5 Å². The summed E-state index contributed by atoms with van der Waals surface area (Å²) in [6, 6.07) is 29.0. The van der Waals surface area contributed by atoms with Crippen molar-refractivity contribution in [1.82, 2.24) is 9.97 Å². The molecule has 1 aliphatic carbocycles. The molecule has 6 rings (SSSR count). The maximum absolute atomic E-state index is 4.65. The fraction of sp³-hybridized carbons (Fsp3) is 0.161. The van der Waals surface area contributed by atoms with Gasteiger partial charge in [0.25, 0.3) is 0 Å². The first kappa shape index (κ1) is 19.9. The zero-order chi connectivity index (χ0) is 22.7. The van der Waals surface area contributed by atoms with Gasteiger partial charge in [-0.2, -0.15) is 0 Å². The average molecular weight is 427 g/mol. The van der Waals surface area contributed by atoms with Crippen LogP contribution in [-0.2, 0) is 5.41 Å². The van der Waals surface area contributed by atoms with Crippen LogP contribution in [0.2, 0.25) is 0 Å². The molecule has 0 unspecified atom stereocenters. The normalized spacial score (nSPS) is 13.7. The second-order valence-electron chi connectivity index (χ2n) is 9.65. The summed E-state index contributed by atoms with van der Waals surface area (Å²) in [5.74, 6) is 0. The minimum Gasteiger partial charge on any atom is -0.255 e. The van der Waals surface area contributed by atoms with Gasteiger partial charge in [0.2, 0.25) is 0 Å². The predicted octanol–water partition coefficient (Wildman–Crippen LogP) is 7.89. The minimum atomic E-state index is 0.00753. The van der Waals surface area contributed by atoms with Gasteiger partial charge in [0.1, 0.15) is 0 Å². The van der Waals surface area contributed by atoms with E-state index in [1.165, 1.54) is 44.2 Å². The maximum Gasteiger partial charge on any atom is 0.0914 e. The smallest absolute Gasteiger partial charge is 0.0914 e. The standard InChI is InChI=1S/C31H26N2/c1-19-18-32-30(20(2)33-19)24-12-10-21-9-11-22(15-25(21)16-24)23-13-14-27-26-7-5-6-8-28(26)31(3,4)29(27)17-23/h5-18H,1-4H3. The van der Waals surface area contributed by atoms with Gasteiger partial charge in [-0.15, -0.1) is 0 Å². The van der Waals surface area contributed by atoms with Crippen molar-refractivity contribution in [2.45, 2.75) is 33.1 Å². The Bertz CT molecular complexity index is 1560. The van der Waals surface area contributed by atoms with Gasteiger partial charge >= 0.3 is 0 Å². The van der Waals surface area contributed by atoms with E-state index in [0.717, 1.165) is 22.6 Å². The fourth-order valence-corrected chi connectivity index (χ4v) is 5.34. The van der Waals surface area contributed by atoms with E-state index in [0.29, 0.717) is 0 Å². The summed E-state index contributed by atoms with van der Waals surface area (Å²) in [5, 5.41) is 2.45. The molecule has 0 radical (unpaired) electrons. The molecule has 0 spiro atoms. The summed E-state index contributed by atoms with van der Waals surface area (Å²) in [7, 11) is 0. The molecule has 0 N–H and O–H groups in total. The Labute approximate surface area is 195 Å². The van der Waals surface area contributed by atoms with E-state index < -0.39 is 0 Å². The van der Waals surface area contributed by atoms with Gasteiger partial charge in [0.05, 0.1) is 17.1 Å². The quantitative estimate of drug-likeness (QED) is 0.287. The Morgan fingerprint density at radius 3 is 2.12 bits per heavy atom. The molecule has 0 bridgehead atoms. The zero-order valence-corrected chi connectivity index (χ0v) is 19.5. The van der Waals surface area contributed by atoms with E-state index >= 15 is 0 Å². The molecule has 160 valence electrons. The maximum atomic E-state index is 4.65. The monoisotopic (exact) mass is 426 g/mol. The molecule has 2 heteroatoms. The van der Waals surface area contributed by atoms with Crippen molar-refractivity contribution in [3.63, 3.8) is 0 Å². The summed E-state index contributed by atoms with van der Waals surface area (Å²) in [6.07, 6.45) is 1.84. The molecule has 0 saturated heterocycles. The average Bonchev–Trinajstić information content (AvgIpc) is 3.05. The van der Waals surface area contributed by atoms with Crippen LogP contribution in [0, 0.1) is 13.8 Å². The Balaban J connectivity index is 1.46. The largest absolute Gasteiger partial charge is 0.255 e. The molecular formula is C31H26N2. The second kappa shape index (κ2) is 7.11.